The average Bonchev–Trinajstić information content (AvgIpc) is 2.97. The molecule has 0 aliphatic heterocycles. The fourth-order valence-electron chi connectivity index (χ4n) is 2.00. The Bertz CT molecular complexity index is 676. The van der Waals surface area contributed by atoms with E-state index in [2.05, 4.69) is 25.5 Å². The molecule has 0 aliphatic rings. The summed E-state index contributed by atoms with van der Waals surface area (Å²) in [7, 11) is 0. The maximum absolute atomic E-state index is 5.97. The topological polar surface area (TPSA) is 31.0 Å². The van der Waals surface area contributed by atoms with E-state index in [4.69, 9.17) is 16.0 Å². The molecule has 2 aromatic heterocycles. The number of halogens is 2. The molecule has 0 fully saturated rings. The monoisotopic (exact) mass is 324 g/mol. The van der Waals surface area contributed by atoms with Crippen LogP contribution in [0, 0.1) is 0 Å². The summed E-state index contributed by atoms with van der Waals surface area (Å²) < 4.78 is 8.22. The molecule has 18 heavy (non-hydrogen) atoms. The van der Waals surface area contributed by atoms with Crippen LogP contribution < -0.4 is 0 Å². The number of benzene rings is 1. The molecular formula is C13H10BrClN2O. The van der Waals surface area contributed by atoms with Crippen molar-refractivity contribution in [2.24, 2.45) is 0 Å². The smallest absolute Gasteiger partial charge is 0.125 e. The van der Waals surface area contributed by atoms with E-state index in [1.165, 1.54) is 0 Å². The summed E-state index contributed by atoms with van der Waals surface area (Å²) in [5.74, 6) is 1.26. The maximum atomic E-state index is 5.97. The van der Waals surface area contributed by atoms with Gasteiger partial charge in [0, 0.05) is 10.0 Å². The van der Waals surface area contributed by atoms with Gasteiger partial charge in [0.25, 0.3) is 0 Å². The SMILES string of the molecule is ClCc1nc2cc(Br)ccc2n1Cc1ccoc1. The number of aromatic nitrogens is 2. The molecule has 0 aliphatic carbocycles. The second-order valence-electron chi connectivity index (χ2n) is 4.01. The fraction of sp³-hybridized carbons (Fsp3) is 0.154. The van der Waals surface area contributed by atoms with Gasteiger partial charge in [-0.1, -0.05) is 15.9 Å². The molecule has 0 saturated heterocycles. The van der Waals surface area contributed by atoms with E-state index in [-0.39, 0.29) is 0 Å². The lowest BCUT2D eigenvalue weighted by Gasteiger charge is -2.05. The second kappa shape index (κ2) is 4.78. The number of alkyl halides is 1. The van der Waals surface area contributed by atoms with Crippen molar-refractivity contribution >= 4 is 38.6 Å². The Kier molecular flexibility index (Phi) is 3.14. The normalized spacial score (nSPS) is 11.2. The molecule has 0 atom stereocenters. The van der Waals surface area contributed by atoms with Crippen LogP contribution in [0.1, 0.15) is 11.4 Å². The number of hydrogen-bond donors (Lipinski definition) is 0. The van der Waals surface area contributed by atoms with Gasteiger partial charge in [-0.15, -0.1) is 11.6 Å². The van der Waals surface area contributed by atoms with Crippen LogP contribution >= 0.6 is 27.5 Å². The lowest BCUT2D eigenvalue weighted by atomic mass is 10.3. The summed E-state index contributed by atoms with van der Waals surface area (Å²) >= 11 is 9.42. The minimum Gasteiger partial charge on any atom is -0.472 e. The third kappa shape index (κ3) is 2.06. The van der Waals surface area contributed by atoms with Crippen molar-refractivity contribution in [3.8, 4) is 0 Å². The molecule has 0 saturated carbocycles. The van der Waals surface area contributed by atoms with Gasteiger partial charge >= 0.3 is 0 Å². The number of hydrogen-bond acceptors (Lipinski definition) is 2. The third-order valence-electron chi connectivity index (χ3n) is 2.83. The molecule has 0 spiro atoms. The first-order valence-corrected chi connectivity index (χ1v) is 6.82. The Morgan fingerprint density at radius 1 is 1.33 bits per heavy atom. The summed E-state index contributed by atoms with van der Waals surface area (Å²) in [5, 5.41) is 0. The van der Waals surface area contributed by atoms with Crippen molar-refractivity contribution in [2.45, 2.75) is 12.4 Å². The molecule has 1 aromatic carbocycles. The molecule has 0 unspecified atom stereocenters. The highest BCUT2D eigenvalue weighted by molar-refractivity contribution is 9.10. The molecule has 0 bridgehead atoms. The molecule has 3 rings (SSSR count). The van der Waals surface area contributed by atoms with E-state index >= 15 is 0 Å². The zero-order chi connectivity index (χ0) is 12.5. The van der Waals surface area contributed by atoms with Gasteiger partial charge in [-0.05, 0) is 24.3 Å². The highest BCUT2D eigenvalue weighted by Crippen LogP contribution is 2.23. The van der Waals surface area contributed by atoms with E-state index in [0.717, 1.165) is 33.4 Å². The van der Waals surface area contributed by atoms with Gasteiger partial charge in [0.2, 0.25) is 0 Å². The Hall–Kier alpha value is -1.26. The van der Waals surface area contributed by atoms with Gasteiger partial charge in [0.15, 0.2) is 0 Å². The predicted molar refractivity (Wildman–Crippen MR) is 74.8 cm³/mol. The molecule has 0 amide bonds. The average molecular weight is 326 g/mol. The summed E-state index contributed by atoms with van der Waals surface area (Å²) in [6.45, 7) is 0.719. The highest BCUT2D eigenvalue weighted by Gasteiger charge is 2.11. The largest absolute Gasteiger partial charge is 0.472 e. The summed E-state index contributed by atoms with van der Waals surface area (Å²) in [4.78, 5) is 4.54. The van der Waals surface area contributed by atoms with E-state index in [9.17, 15) is 0 Å². The van der Waals surface area contributed by atoms with Gasteiger partial charge < -0.3 is 8.98 Å². The minimum absolute atomic E-state index is 0.393. The molecule has 3 aromatic rings. The van der Waals surface area contributed by atoms with Crippen LogP contribution in [0.3, 0.4) is 0 Å². The number of furan rings is 1. The molecule has 0 N–H and O–H groups in total. The lowest BCUT2D eigenvalue weighted by Crippen LogP contribution is -2.02. The Morgan fingerprint density at radius 2 is 2.22 bits per heavy atom. The van der Waals surface area contributed by atoms with E-state index < -0.39 is 0 Å². The van der Waals surface area contributed by atoms with Crippen molar-refractivity contribution in [3.63, 3.8) is 0 Å². The molecular weight excluding hydrogens is 316 g/mol. The number of fused-ring (bicyclic) bond motifs is 1. The van der Waals surface area contributed by atoms with Gasteiger partial charge in [-0.3, -0.25) is 0 Å². The first-order chi connectivity index (χ1) is 8.78. The summed E-state index contributed by atoms with van der Waals surface area (Å²) in [6, 6.07) is 8.00. The van der Waals surface area contributed by atoms with Crippen molar-refractivity contribution < 1.29 is 4.42 Å². The molecule has 92 valence electrons. The fourth-order valence-corrected chi connectivity index (χ4v) is 2.55. The first-order valence-electron chi connectivity index (χ1n) is 5.49. The van der Waals surface area contributed by atoms with E-state index in [1.54, 1.807) is 12.5 Å². The number of nitrogens with zero attached hydrogens (tertiary/aromatic N) is 2. The number of rotatable bonds is 3. The zero-order valence-corrected chi connectivity index (χ0v) is 11.8. The van der Waals surface area contributed by atoms with E-state index in [0.29, 0.717) is 5.88 Å². The summed E-state index contributed by atoms with van der Waals surface area (Å²) in [5.41, 5.74) is 3.13. The van der Waals surface area contributed by atoms with Crippen molar-refractivity contribution in [3.05, 3.63) is 52.7 Å². The quantitative estimate of drug-likeness (QED) is 0.676. The van der Waals surface area contributed by atoms with Crippen molar-refractivity contribution in [1.82, 2.24) is 9.55 Å². The van der Waals surface area contributed by atoms with Crippen LogP contribution in [0.2, 0.25) is 0 Å². The maximum Gasteiger partial charge on any atom is 0.125 e. The zero-order valence-electron chi connectivity index (χ0n) is 9.44. The van der Waals surface area contributed by atoms with Crippen LogP contribution in [-0.4, -0.2) is 9.55 Å². The van der Waals surface area contributed by atoms with Crippen LogP contribution in [0.15, 0.2) is 45.7 Å². The van der Waals surface area contributed by atoms with Crippen molar-refractivity contribution in [2.75, 3.05) is 0 Å². The molecule has 3 nitrogen and oxygen atoms in total. The van der Waals surface area contributed by atoms with Crippen LogP contribution in [0.4, 0.5) is 0 Å². The van der Waals surface area contributed by atoms with Gasteiger partial charge in [0.05, 0.1) is 36.0 Å². The van der Waals surface area contributed by atoms with Gasteiger partial charge in [-0.2, -0.15) is 0 Å². The van der Waals surface area contributed by atoms with Crippen LogP contribution in [0.25, 0.3) is 11.0 Å². The third-order valence-corrected chi connectivity index (χ3v) is 3.56. The Balaban J connectivity index is 2.13. The van der Waals surface area contributed by atoms with Crippen LogP contribution in [-0.2, 0) is 12.4 Å². The van der Waals surface area contributed by atoms with Crippen molar-refractivity contribution in [1.29, 1.82) is 0 Å². The number of imidazole rings is 1. The minimum atomic E-state index is 0.393. The standard InChI is InChI=1S/C13H10BrClN2O/c14-10-1-2-12-11(5-10)16-13(6-15)17(12)7-9-3-4-18-8-9/h1-5,8H,6-7H2. The van der Waals surface area contributed by atoms with E-state index in [1.807, 2.05) is 24.3 Å². The van der Waals surface area contributed by atoms with Gasteiger partial charge in [0.1, 0.15) is 5.82 Å². The predicted octanol–water partition coefficient (Wildman–Crippen LogP) is 4.18. The summed E-state index contributed by atoms with van der Waals surface area (Å²) in [6.07, 6.45) is 3.41. The Labute approximate surface area is 118 Å². The van der Waals surface area contributed by atoms with Gasteiger partial charge in [-0.25, -0.2) is 4.98 Å². The second-order valence-corrected chi connectivity index (χ2v) is 5.20. The highest BCUT2D eigenvalue weighted by atomic mass is 79.9. The van der Waals surface area contributed by atoms with Crippen LogP contribution in [0.5, 0.6) is 0 Å². The lowest BCUT2D eigenvalue weighted by molar-refractivity contribution is 0.562. The molecule has 0 radical (unpaired) electrons. The first kappa shape index (κ1) is 11.8. The molecule has 2 heterocycles. The Morgan fingerprint density at radius 3 is 2.94 bits per heavy atom. The molecule has 5 heteroatoms.